The van der Waals surface area contributed by atoms with Crippen LogP contribution >= 0.6 is 23.4 Å². The summed E-state index contributed by atoms with van der Waals surface area (Å²) < 4.78 is 32.7. The van der Waals surface area contributed by atoms with Gasteiger partial charge in [0.1, 0.15) is 5.75 Å². The quantitative estimate of drug-likeness (QED) is 0.392. The smallest absolute Gasteiger partial charge is 0.243 e. The summed E-state index contributed by atoms with van der Waals surface area (Å²) in [4.78, 5) is 14.7. The Morgan fingerprint density at radius 3 is 2.39 bits per heavy atom. The van der Waals surface area contributed by atoms with Gasteiger partial charge in [-0.3, -0.25) is 4.79 Å². The number of carbonyl (C=O) groups is 1. The molecule has 6 nitrogen and oxygen atoms in total. The summed E-state index contributed by atoms with van der Waals surface area (Å²) >= 11 is 7.69. The van der Waals surface area contributed by atoms with Gasteiger partial charge in [0.05, 0.1) is 28.8 Å². The van der Waals surface area contributed by atoms with Crippen molar-refractivity contribution in [3.63, 3.8) is 0 Å². The van der Waals surface area contributed by atoms with Gasteiger partial charge in [-0.15, -0.1) is 0 Å². The van der Waals surface area contributed by atoms with E-state index in [0.717, 1.165) is 14.1 Å². The predicted octanol–water partition coefficient (Wildman–Crippen LogP) is 5.54. The number of benzene rings is 3. The lowest BCUT2D eigenvalue weighted by Crippen LogP contribution is -2.37. The third kappa shape index (κ3) is 6.51. The first-order valence-corrected chi connectivity index (χ1v) is 13.0. The molecule has 33 heavy (non-hydrogen) atoms. The van der Waals surface area contributed by atoms with Crippen molar-refractivity contribution >= 4 is 45.0 Å². The van der Waals surface area contributed by atoms with Crippen molar-refractivity contribution in [1.29, 1.82) is 0 Å². The molecule has 1 amide bonds. The highest BCUT2D eigenvalue weighted by Crippen LogP contribution is 2.33. The van der Waals surface area contributed by atoms with Gasteiger partial charge in [0.2, 0.25) is 15.9 Å². The standard InChI is InChI=1S/C24H25ClN2O4S2/c1-3-27(33(29,30)19-14-15-22(31-4-2)20(25)16-19)17-24(28)26-21-12-8-9-13-23(21)32-18-10-6-5-7-11-18/h5-16H,3-4,17H2,1-2H3,(H,26,28). The number of sulfonamides is 1. The third-order valence-corrected chi connectivity index (χ3v) is 7.94. The van der Waals surface area contributed by atoms with Gasteiger partial charge in [0.15, 0.2) is 0 Å². The maximum absolute atomic E-state index is 13.1. The highest BCUT2D eigenvalue weighted by Gasteiger charge is 2.26. The number of carbonyl (C=O) groups excluding carboxylic acids is 1. The molecular formula is C24H25ClN2O4S2. The first-order chi connectivity index (χ1) is 15.8. The molecule has 9 heteroatoms. The molecule has 3 aromatic rings. The van der Waals surface area contributed by atoms with Gasteiger partial charge in [-0.25, -0.2) is 8.42 Å². The maximum Gasteiger partial charge on any atom is 0.243 e. The number of halogens is 1. The number of likely N-dealkylation sites (N-methyl/N-ethyl adjacent to an activating group) is 1. The molecule has 174 valence electrons. The van der Waals surface area contributed by atoms with Crippen molar-refractivity contribution in [3.05, 3.63) is 77.8 Å². The fourth-order valence-corrected chi connectivity index (χ4v) is 5.71. The molecule has 0 saturated carbocycles. The molecule has 0 aliphatic heterocycles. The Bertz CT molecular complexity index is 1200. The van der Waals surface area contributed by atoms with E-state index in [1.54, 1.807) is 13.0 Å². The number of para-hydroxylation sites is 1. The third-order valence-electron chi connectivity index (χ3n) is 4.65. The maximum atomic E-state index is 13.1. The molecule has 0 heterocycles. The van der Waals surface area contributed by atoms with E-state index in [-0.39, 0.29) is 23.0 Å². The zero-order valence-corrected chi connectivity index (χ0v) is 20.7. The van der Waals surface area contributed by atoms with Crippen LogP contribution in [-0.4, -0.2) is 38.3 Å². The van der Waals surface area contributed by atoms with Crippen LogP contribution in [0.4, 0.5) is 5.69 Å². The summed E-state index contributed by atoms with van der Waals surface area (Å²) in [5.41, 5.74) is 0.619. The Hall–Kier alpha value is -2.52. The first kappa shape index (κ1) is 25.1. The average Bonchev–Trinajstić information content (AvgIpc) is 2.80. The van der Waals surface area contributed by atoms with E-state index in [1.807, 2.05) is 55.5 Å². The van der Waals surface area contributed by atoms with E-state index in [9.17, 15) is 13.2 Å². The summed E-state index contributed by atoms with van der Waals surface area (Å²) in [5.74, 6) is -0.0231. The minimum Gasteiger partial charge on any atom is -0.492 e. The molecule has 0 bridgehead atoms. The number of nitrogens with one attached hydrogen (secondary N) is 1. The molecule has 0 saturated heterocycles. The van der Waals surface area contributed by atoms with Crippen LogP contribution in [0.15, 0.2) is 87.5 Å². The monoisotopic (exact) mass is 504 g/mol. The van der Waals surface area contributed by atoms with Crippen LogP contribution in [0, 0.1) is 0 Å². The Kier molecular flexibility index (Phi) is 8.80. The number of anilines is 1. The van der Waals surface area contributed by atoms with Crippen molar-refractivity contribution in [2.75, 3.05) is 25.0 Å². The number of hydrogen-bond acceptors (Lipinski definition) is 5. The molecule has 0 radical (unpaired) electrons. The summed E-state index contributed by atoms with van der Waals surface area (Å²) in [6.07, 6.45) is 0. The first-order valence-electron chi connectivity index (χ1n) is 10.4. The van der Waals surface area contributed by atoms with Crippen LogP contribution < -0.4 is 10.1 Å². The second-order valence-electron chi connectivity index (χ2n) is 6.92. The van der Waals surface area contributed by atoms with Crippen LogP contribution in [-0.2, 0) is 14.8 Å². The molecule has 0 fully saturated rings. The predicted molar refractivity (Wildman–Crippen MR) is 133 cm³/mol. The highest BCUT2D eigenvalue weighted by atomic mass is 35.5. The Morgan fingerprint density at radius 2 is 1.73 bits per heavy atom. The highest BCUT2D eigenvalue weighted by molar-refractivity contribution is 7.99. The van der Waals surface area contributed by atoms with E-state index in [4.69, 9.17) is 16.3 Å². The molecule has 1 N–H and O–H groups in total. The normalized spacial score (nSPS) is 11.4. The van der Waals surface area contributed by atoms with Gasteiger partial charge in [0.25, 0.3) is 0 Å². The molecule has 0 unspecified atom stereocenters. The largest absolute Gasteiger partial charge is 0.492 e. The molecule has 3 aromatic carbocycles. The minimum atomic E-state index is -3.92. The summed E-state index contributed by atoms with van der Waals surface area (Å²) in [5, 5.41) is 3.04. The van der Waals surface area contributed by atoms with Crippen LogP contribution in [0.25, 0.3) is 0 Å². The Labute approximate surface area is 204 Å². The number of rotatable bonds is 10. The van der Waals surface area contributed by atoms with Crippen LogP contribution in [0.1, 0.15) is 13.8 Å². The van der Waals surface area contributed by atoms with Gasteiger partial charge >= 0.3 is 0 Å². The van der Waals surface area contributed by atoms with E-state index in [2.05, 4.69) is 5.32 Å². The molecule has 0 atom stereocenters. The van der Waals surface area contributed by atoms with E-state index < -0.39 is 15.9 Å². The number of nitrogens with zero attached hydrogens (tertiary/aromatic N) is 1. The van der Waals surface area contributed by atoms with Crippen molar-refractivity contribution in [2.24, 2.45) is 0 Å². The lowest BCUT2D eigenvalue weighted by atomic mass is 10.3. The van der Waals surface area contributed by atoms with Gasteiger partial charge < -0.3 is 10.1 Å². The lowest BCUT2D eigenvalue weighted by molar-refractivity contribution is -0.116. The van der Waals surface area contributed by atoms with E-state index in [0.29, 0.717) is 18.0 Å². The van der Waals surface area contributed by atoms with Crippen molar-refractivity contribution < 1.29 is 17.9 Å². The van der Waals surface area contributed by atoms with Gasteiger partial charge in [-0.1, -0.05) is 60.6 Å². The topological polar surface area (TPSA) is 75.7 Å². The van der Waals surface area contributed by atoms with Gasteiger partial charge in [-0.05, 0) is 49.4 Å². The fourth-order valence-electron chi connectivity index (χ4n) is 3.05. The molecule has 0 aromatic heterocycles. The van der Waals surface area contributed by atoms with Crippen LogP contribution in [0.5, 0.6) is 5.75 Å². The minimum absolute atomic E-state index is 0.00522. The van der Waals surface area contributed by atoms with Crippen LogP contribution in [0.2, 0.25) is 5.02 Å². The molecule has 0 spiro atoms. The van der Waals surface area contributed by atoms with Crippen molar-refractivity contribution in [3.8, 4) is 5.75 Å². The SMILES string of the molecule is CCOc1ccc(S(=O)(=O)N(CC)CC(=O)Nc2ccccc2Sc2ccccc2)cc1Cl. The Balaban J connectivity index is 1.75. The molecule has 0 aliphatic carbocycles. The van der Waals surface area contributed by atoms with Crippen LogP contribution in [0.3, 0.4) is 0 Å². The van der Waals surface area contributed by atoms with Crippen molar-refractivity contribution in [2.45, 2.75) is 28.5 Å². The van der Waals surface area contributed by atoms with Crippen molar-refractivity contribution in [1.82, 2.24) is 4.31 Å². The zero-order valence-electron chi connectivity index (χ0n) is 18.3. The van der Waals surface area contributed by atoms with Gasteiger partial charge in [-0.2, -0.15) is 4.31 Å². The molecule has 3 rings (SSSR count). The average molecular weight is 505 g/mol. The number of ether oxygens (including phenoxy) is 1. The molecular weight excluding hydrogens is 480 g/mol. The molecule has 0 aliphatic rings. The number of hydrogen-bond donors (Lipinski definition) is 1. The summed E-state index contributed by atoms with van der Waals surface area (Å²) in [7, 11) is -3.92. The second kappa shape index (κ2) is 11.6. The summed E-state index contributed by atoms with van der Waals surface area (Å²) in [6, 6.07) is 21.5. The fraction of sp³-hybridized carbons (Fsp3) is 0.208. The lowest BCUT2D eigenvalue weighted by Gasteiger charge is -2.21. The Morgan fingerprint density at radius 1 is 1.03 bits per heavy atom. The summed E-state index contributed by atoms with van der Waals surface area (Å²) in [6.45, 7) is 3.71. The zero-order chi connectivity index (χ0) is 23.8. The number of amides is 1. The second-order valence-corrected chi connectivity index (χ2v) is 10.4. The van der Waals surface area contributed by atoms with E-state index in [1.165, 1.54) is 30.0 Å². The van der Waals surface area contributed by atoms with E-state index >= 15 is 0 Å². The van der Waals surface area contributed by atoms with Gasteiger partial charge in [0, 0.05) is 16.3 Å².